The second kappa shape index (κ2) is 6.30. The molecule has 5 nitrogen and oxygen atoms in total. The third-order valence-corrected chi connectivity index (χ3v) is 5.63. The van der Waals surface area contributed by atoms with Crippen LogP contribution in [-0.2, 0) is 4.74 Å². The lowest BCUT2D eigenvalue weighted by Crippen LogP contribution is -2.41. The maximum atomic E-state index is 12.7. The number of nitrogens with zero attached hydrogens (tertiary/aromatic N) is 3. The van der Waals surface area contributed by atoms with E-state index in [-0.39, 0.29) is 5.56 Å². The molecule has 2 aromatic rings. The van der Waals surface area contributed by atoms with Gasteiger partial charge < -0.3 is 9.64 Å². The van der Waals surface area contributed by atoms with E-state index in [1.54, 1.807) is 10.6 Å². The Hall–Kier alpha value is -2.14. The Morgan fingerprint density at radius 2 is 1.92 bits per heavy atom. The first kappa shape index (κ1) is 16.3. The molecular weight excluding hydrogens is 314 g/mol. The second-order valence-corrected chi connectivity index (χ2v) is 7.48. The van der Waals surface area contributed by atoms with Crippen molar-refractivity contribution >= 4 is 5.82 Å². The number of benzene rings is 1. The van der Waals surface area contributed by atoms with E-state index in [9.17, 15) is 4.79 Å². The van der Waals surface area contributed by atoms with Crippen LogP contribution in [0.1, 0.15) is 32.0 Å². The number of hydrogen-bond donors (Lipinski definition) is 0. The molecule has 0 radical (unpaired) electrons. The van der Waals surface area contributed by atoms with Gasteiger partial charge in [-0.25, -0.2) is 4.98 Å². The van der Waals surface area contributed by atoms with Crippen LogP contribution in [-0.4, -0.2) is 35.4 Å². The third-order valence-electron chi connectivity index (χ3n) is 5.63. The Morgan fingerprint density at radius 1 is 1.20 bits per heavy atom. The van der Waals surface area contributed by atoms with Crippen LogP contribution in [0.2, 0.25) is 0 Å². The molecule has 0 aliphatic carbocycles. The number of rotatable bonds is 2. The van der Waals surface area contributed by atoms with Crippen LogP contribution < -0.4 is 10.5 Å². The summed E-state index contributed by atoms with van der Waals surface area (Å²) in [4.78, 5) is 19.6. The average molecular weight is 339 g/mol. The third kappa shape index (κ3) is 3.09. The minimum atomic E-state index is -0.0215. The van der Waals surface area contributed by atoms with Gasteiger partial charge in [-0.1, -0.05) is 18.2 Å². The molecule has 132 valence electrons. The molecule has 2 aliphatic rings. The van der Waals surface area contributed by atoms with Crippen molar-refractivity contribution in [2.45, 2.75) is 39.2 Å². The average Bonchev–Trinajstić information content (AvgIpc) is 2.96. The van der Waals surface area contributed by atoms with Crippen LogP contribution in [0.25, 0.3) is 5.69 Å². The molecule has 1 atom stereocenters. The summed E-state index contributed by atoms with van der Waals surface area (Å²) in [6, 6.07) is 11.4. The number of aryl methyl sites for hydroxylation is 1. The number of hydrogen-bond acceptors (Lipinski definition) is 4. The van der Waals surface area contributed by atoms with Crippen LogP contribution in [0.4, 0.5) is 5.82 Å². The van der Waals surface area contributed by atoms with Gasteiger partial charge in [-0.05, 0) is 50.7 Å². The zero-order valence-corrected chi connectivity index (χ0v) is 14.9. The van der Waals surface area contributed by atoms with Crippen molar-refractivity contribution in [2.24, 2.45) is 5.41 Å². The van der Waals surface area contributed by atoms with Gasteiger partial charge in [0.15, 0.2) is 0 Å². The van der Waals surface area contributed by atoms with Crippen LogP contribution in [0.3, 0.4) is 0 Å². The zero-order valence-electron chi connectivity index (χ0n) is 14.9. The van der Waals surface area contributed by atoms with E-state index in [1.165, 1.54) is 0 Å². The predicted octanol–water partition coefficient (Wildman–Crippen LogP) is 2.94. The SMILES string of the molecule is Cc1nc(N2CCC3(CC2)CO[C@@H](C)C3)cc(=O)n1-c1ccccc1. The Labute approximate surface area is 148 Å². The van der Waals surface area contributed by atoms with Gasteiger partial charge in [0.25, 0.3) is 5.56 Å². The van der Waals surface area contributed by atoms with Gasteiger partial charge in [0, 0.05) is 19.2 Å². The molecule has 4 rings (SSSR count). The standard InChI is InChI=1S/C20H25N3O2/c1-15-13-20(14-25-15)8-10-22(11-9-20)18-12-19(24)23(16(2)21-18)17-6-4-3-5-7-17/h3-7,12,15H,8-11,13-14H2,1-2H3/t15-/m0/s1. The van der Waals surface area contributed by atoms with Crippen LogP contribution in [0, 0.1) is 12.3 Å². The Bertz CT molecular complexity index is 807. The molecule has 0 unspecified atom stereocenters. The van der Waals surface area contributed by atoms with Crippen molar-refractivity contribution in [1.82, 2.24) is 9.55 Å². The minimum absolute atomic E-state index is 0.0215. The summed E-state index contributed by atoms with van der Waals surface area (Å²) in [5.41, 5.74) is 1.18. The fourth-order valence-corrected chi connectivity index (χ4v) is 4.24. The highest BCUT2D eigenvalue weighted by atomic mass is 16.5. The lowest BCUT2D eigenvalue weighted by atomic mass is 9.77. The number of aromatic nitrogens is 2. The van der Waals surface area contributed by atoms with E-state index in [4.69, 9.17) is 9.72 Å². The Kier molecular flexibility index (Phi) is 4.12. The van der Waals surface area contributed by atoms with Crippen molar-refractivity contribution in [3.05, 3.63) is 52.6 Å². The fraction of sp³-hybridized carbons (Fsp3) is 0.500. The summed E-state index contributed by atoms with van der Waals surface area (Å²) >= 11 is 0. The molecule has 0 N–H and O–H groups in total. The van der Waals surface area contributed by atoms with Crippen molar-refractivity contribution in [3.8, 4) is 5.69 Å². The molecule has 0 saturated carbocycles. The van der Waals surface area contributed by atoms with Crippen molar-refractivity contribution in [2.75, 3.05) is 24.6 Å². The topological polar surface area (TPSA) is 47.4 Å². The highest BCUT2D eigenvalue weighted by Crippen LogP contribution is 2.42. The largest absolute Gasteiger partial charge is 0.378 e. The molecule has 2 aliphatic heterocycles. The van der Waals surface area contributed by atoms with Crippen molar-refractivity contribution in [3.63, 3.8) is 0 Å². The Morgan fingerprint density at radius 3 is 2.52 bits per heavy atom. The number of ether oxygens (including phenoxy) is 1. The molecule has 2 fully saturated rings. The van der Waals surface area contributed by atoms with E-state index in [2.05, 4.69) is 11.8 Å². The van der Waals surface area contributed by atoms with Crippen molar-refractivity contribution in [1.29, 1.82) is 0 Å². The summed E-state index contributed by atoms with van der Waals surface area (Å²) in [6.07, 6.45) is 3.75. The normalized spacial score (nSPS) is 22.5. The maximum absolute atomic E-state index is 12.7. The van der Waals surface area contributed by atoms with Gasteiger partial charge >= 0.3 is 0 Å². The van der Waals surface area contributed by atoms with E-state index in [0.29, 0.717) is 11.5 Å². The van der Waals surface area contributed by atoms with E-state index in [0.717, 1.165) is 56.3 Å². The highest BCUT2D eigenvalue weighted by Gasteiger charge is 2.41. The molecule has 5 heteroatoms. The van der Waals surface area contributed by atoms with E-state index in [1.807, 2.05) is 37.3 Å². The molecule has 0 bridgehead atoms. The van der Waals surface area contributed by atoms with Gasteiger partial charge in [0.05, 0.1) is 18.4 Å². The van der Waals surface area contributed by atoms with Crippen LogP contribution in [0.15, 0.2) is 41.2 Å². The summed E-state index contributed by atoms with van der Waals surface area (Å²) < 4.78 is 7.47. The summed E-state index contributed by atoms with van der Waals surface area (Å²) in [7, 11) is 0. The lowest BCUT2D eigenvalue weighted by molar-refractivity contribution is 0.0976. The predicted molar refractivity (Wildman–Crippen MR) is 98.5 cm³/mol. The monoisotopic (exact) mass is 339 g/mol. The number of piperidine rings is 1. The summed E-state index contributed by atoms with van der Waals surface area (Å²) in [6.45, 7) is 6.82. The Balaban J connectivity index is 1.56. The van der Waals surface area contributed by atoms with Crippen molar-refractivity contribution < 1.29 is 4.74 Å². The number of anilines is 1. The van der Waals surface area contributed by atoms with Crippen LogP contribution in [0.5, 0.6) is 0 Å². The second-order valence-electron chi connectivity index (χ2n) is 7.48. The van der Waals surface area contributed by atoms with Gasteiger partial charge in [0.2, 0.25) is 0 Å². The molecular formula is C20H25N3O2. The molecule has 0 amide bonds. The minimum Gasteiger partial charge on any atom is -0.378 e. The van der Waals surface area contributed by atoms with Gasteiger partial charge in [-0.3, -0.25) is 9.36 Å². The molecule has 25 heavy (non-hydrogen) atoms. The molecule has 3 heterocycles. The summed E-state index contributed by atoms with van der Waals surface area (Å²) in [5, 5.41) is 0. The fourth-order valence-electron chi connectivity index (χ4n) is 4.24. The molecule has 1 aromatic heterocycles. The van der Waals surface area contributed by atoms with Gasteiger partial charge in [0.1, 0.15) is 11.6 Å². The molecule has 2 saturated heterocycles. The molecule has 1 spiro atoms. The first-order valence-electron chi connectivity index (χ1n) is 9.09. The van der Waals surface area contributed by atoms with Gasteiger partial charge in [-0.2, -0.15) is 0 Å². The molecule has 1 aromatic carbocycles. The maximum Gasteiger partial charge on any atom is 0.260 e. The van der Waals surface area contributed by atoms with Gasteiger partial charge in [-0.15, -0.1) is 0 Å². The van der Waals surface area contributed by atoms with E-state index >= 15 is 0 Å². The highest BCUT2D eigenvalue weighted by molar-refractivity contribution is 5.41. The quantitative estimate of drug-likeness (QED) is 0.844. The smallest absolute Gasteiger partial charge is 0.260 e. The van der Waals surface area contributed by atoms with Crippen LogP contribution >= 0.6 is 0 Å². The lowest BCUT2D eigenvalue weighted by Gasteiger charge is -2.39. The zero-order chi connectivity index (χ0) is 17.4. The summed E-state index contributed by atoms with van der Waals surface area (Å²) in [5.74, 6) is 1.53. The first-order valence-corrected chi connectivity index (χ1v) is 9.09. The van der Waals surface area contributed by atoms with E-state index < -0.39 is 0 Å². The first-order chi connectivity index (χ1) is 12.1. The number of para-hydroxylation sites is 1.